The number of nitrogens with one attached hydrogen (secondary N) is 1. The maximum Gasteiger partial charge on any atom is 0.276 e. The van der Waals surface area contributed by atoms with Gasteiger partial charge in [0.25, 0.3) is 11.6 Å². The molecular weight excluding hydrogens is 386 g/mol. The predicted octanol–water partition coefficient (Wildman–Crippen LogP) is 2.67. The SMILES string of the molecule is COc1ccc(N2C=CN3C(c4ccc([N+](=O)[O-])cc4)=NNC3C2=O)cc1Cl. The maximum atomic E-state index is 12.9. The molecule has 2 aromatic carbocycles. The number of non-ortho nitro benzene ring substituents is 1. The van der Waals surface area contributed by atoms with Crippen molar-refractivity contribution in [2.75, 3.05) is 12.0 Å². The van der Waals surface area contributed by atoms with E-state index in [0.29, 0.717) is 27.9 Å². The Kier molecular flexibility index (Phi) is 4.36. The van der Waals surface area contributed by atoms with Crippen molar-refractivity contribution in [3.05, 3.63) is 75.6 Å². The number of carbonyl (C=O) groups excluding carboxylic acids is 1. The van der Waals surface area contributed by atoms with Gasteiger partial charge >= 0.3 is 0 Å². The van der Waals surface area contributed by atoms with Crippen LogP contribution >= 0.6 is 11.6 Å². The number of rotatable bonds is 4. The van der Waals surface area contributed by atoms with E-state index >= 15 is 0 Å². The van der Waals surface area contributed by atoms with Crippen molar-refractivity contribution in [1.29, 1.82) is 0 Å². The molecule has 0 spiro atoms. The molecule has 0 radical (unpaired) electrons. The first kappa shape index (κ1) is 17.8. The Morgan fingerprint density at radius 2 is 1.96 bits per heavy atom. The van der Waals surface area contributed by atoms with Gasteiger partial charge in [0.2, 0.25) is 6.17 Å². The van der Waals surface area contributed by atoms with Crippen molar-refractivity contribution >= 4 is 34.7 Å². The van der Waals surface area contributed by atoms with Gasteiger partial charge in [-0.25, -0.2) is 0 Å². The van der Waals surface area contributed by atoms with Crippen molar-refractivity contribution in [2.24, 2.45) is 5.10 Å². The molecule has 2 aromatic rings. The standard InChI is InChI=1S/C18H14ClN5O4/c1-28-15-7-6-13(10-14(15)19)22-8-9-23-16(20-21-17(23)18(22)25)11-2-4-12(5-3-11)24(26)27/h2-10,17,21H,1H3. The second kappa shape index (κ2) is 6.86. The first-order valence-corrected chi connectivity index (χ1v) is 8.58. The van der Waals surface area contributed by atoms with Crippen LogP contribution in [0.2, 0.25) is 5.02 Å². The number of hydrogen-bond acceptors (Lipinski definition) is 7. The van der Waals surface area contributed by atoms with Crippen LogP contribution in [0.5, 0.6) is 5.75 Å². The molecule has 1 amide bonds. The van der Waals surface area contributed by atoms with Gasteiger partial charge in [0.15, 0.2) is 5.84 Å². The number of hydrogen-bond donors (Lipinski definition) is 1. The van der Waals surface area contributed by atoms with Gasteiger partial charge < -0.3 is 4.74 Å². The molecule has 1 unspecified atom stereocenters. The van der Waals surface area contributed by atoms with Gasteiger partial charge in [-0.3, -0.25) is 30.1 Å². The normalized spacial score (nSPS) is 17.9. The summed E-state index contributed by atoms with van der Waals surface area (Å²) in [5, 5.41) is 15.4. The number of nitrogens with zero attached hydrogens (tertiary/aromatic N) is 4. The van der Waals surface area contributed by atoms with Crippen molar-refractivity contribution < 1.29 is 14.5 Å². The lowest BCUT2D eigenvalue weighted by Crippen LogP contribution is -2.52. The highest BCUT2D eigenvalue weighted by molar-refractivity contribution is 6.32. The van der Waals surface area contributed by atoms with Crippen molar-refractivity contribution in [1.82, 2.24) is 10.3 Å². The predicted molar refractivity (Wildman–Crippen MR) is 103 cm³/mol. The van der Waals surface area contributed by atoms with E-state index in [4.69, 9.17) is 16.3 Å². The molecule has 0 saturated heterocycles. The number of anilines is 1. The van der Waals surface area contributed by atoms with Crippen LogP contribution in [0.4, 0.5) is 11.4 Å². The molecule has 28 heavy (non-hydrogen) atoms. The van der Waals surface area contributed by atoms with Crippen LogP contribution in [0.3, 0.4) is 0 Å². The summed E-state index contributed by atoms with van der Waals surface area (Å²) in [5.74, 6) is 0.768. The molecule has 0 bridgehead atoms. The van der Waals surface area contributed by atoms with Crippen LogP contribution in [0, 0.1) is 10.1 Å². The number of benzene rings is 2. The number of halogens is 1. The van der Waals surface area contributed by atoms with E-state index in [1.807, 2.05) is 0 Å². The van der Waals surface area contributed by atoms with Gasteiger partial charge in [0, 0.05) is 30.1 Å². The largest absolute Gasteiger partial charge is 0.495 e. The molecule has 1 atom stereocenters. The molecular formula is C18H14ClN5O4. The van der Waals surface area contributed by atoms with E-state index in [2.05, 4.69) is 10.5 Å². The summed E-state index contributed by atoms with van der Waals surface area (Å²) in [5.41, 5.74) is 4.04. The Labute approximate surface area is 164 Å². The molecule has 142 valence electrons. The number of amides is 1. The third kappa shape index (κ3) is 2.91. The smallest absolute Gasteiger partial charge is 0.276 e. The molecule has 9 nitrogen and oxygen atoms in total. The number of carbonyl (C=O) groups is 1. The van der Waals surface area contributed by atoms with Crippen LogP contribution < -0.4 is 15.1 Å². The molecule has 2 heterocycles. The van der Waals surface area contributed by atoms with Crippen molar-refractivity contribution in [3.63, 3.8) is 0 Å². The molecule has 0 saturated carbocycles. The molecule has 2 aliphatic heterocycles. The quantitative estimate of drug-likeness (QED) is 0.626. The van der Waals surface area contributed by atoms with Gasteiger partial charge in [-0.05, 0) is 30.3 Å². The first-order chi connectivity index (χ1) is 13.5. The number of amidine groups is 1. The summed E-state index contributed by atoms with van der Waals surface area (Å²) in [6.07, 6.45) is 2.60. The summed E-state index contributed by atoms with van der Waals surface area (Å²) in [6, 6.07) is 11.0. The Morgan fingerprint density at radius 3 is 2.61 bits per heavy atom. The highest BCUT2D eigenvalue weighted by Crippen LogP contribution is 2.31. The molecule has 0 aliphatic carbocycles. The molecule has 10 heteroatoms. The van der Waals surface area contributed by atoms with Gasteiger partial charge in [-0.1, -0.05) is 11.6 Å². The Bertz CT molecular complexity index is 1020. The zero-order valence-electron chi connectivity index (χ0n) is 14.6. The molecule has 0 aromatic heterocycles. The van der Waals surface area contributed by atoms with Gasteiger partial charge in [-0.15, -0.1) is 0 Å². The van der Waals surface area contributed by atoms with Crippen LogP contribution in [0.15, 0.2) is 60.0 Å². The zero-order chi connectivity index (χ0) is 19.8. The first-order valence-electron chi connectivity index (χ1n) is 8.21. The Balaban J connectivity index is 1.60. The highest BCUT2D eigenvalue weighted by atomic mass is 35.5. The fourth-order valence-corrected chi connectivity index (χ4v) is 3.26. The van der Waals surface area contributed by atoms with Crippen LogP contribution in [-0.2, 0) is 4.79 Å². The average Bonchev–Trinajstić information content (AvgIpc) is 3.13. The summed E-state index contributed by atoms with van der Waals surface area (Å²) in [4.78, 5) is 26.4. The summed E-state index contributed by atoms with van der Waals surface area (Å²) in [7, 11) is 1.52. The van der Waals surface area contributed by atoms with E-state index in [-0.39, 0.29) is 11.6 Å². The third-order valence-corrected chi connectivity index (χ3v) is 4.71. The summed E-state index contributed by atoms with van der Waals surface area (Å²) < 4.78 is 5.14. The Morgan fingerprint density at radius 1 is 1.21 bits per heavy atom. The maximum absolute atomic E-state index is 12.9. The van der Waals surface area contributed by atoms with Gasteiger partial charge in [-0.2, -0.15) is 5.10 Å². The van der Waals surface area contributed by atoms with E-state index in [9.17, 15) is 14.9 Å². The number of nitro benzene ring substituents is 1. The topological polar surface area (TPSA) is 100 Å². The fourth-order valence-electron chi connectivity index (χ4n) is 3.00. The number of methoxy groups -OCH3 is 1. The summed E-state index contributed by atoms with van der Waals surface area (Å²) >= 11 is 6.16. The van der Waals surface area contributed by atoms with Gasteiger partial charge in [0.1, 0.15) is 5.75 Å². The van der Waals surface area contributed by atoms with E-state index in [1.54, 1.807) is 47.6 Å². The lowest BCUT2D eigenvalue weighted by atomic mass is 10.1. The van der Waals surface area contributed by atoms with Crippen molar-refractivity contribution in [3.8, 4) is 5.75 Å². The minimum atomic E-state index is -0.726. The molecule has 1 N–H and O–H groups in total. The number of nitro groups is 1. The number of ether oxygens (including phenoxy) is 1. The Hall–Kier alpha value is -3.59. The fraction of sp³-hybridized carbons (Fsp3) is 0.111. The van der Waals surface area contributed by atoms with Crippen LogP contribution in [0.1, 0.15) is 5.56 Å². The molecule has 2 aliphatic rings. The molecule has 0 fully saturated rings. The monoisotopic (exact) mass is 399 g/mol. The lowest BCUT2D eigenvalue weighted by Gasteiger charge is -2.32. The van der Waals surface area contributed by atoms with E-state index < -0.39 is 11.1 Å². The van der Waals surface area contributed by atoms with Crippen LogP contribution in [0.25, 0.3) is 0 Å². The van der Waals surface area contributed by atoms with E-state index in [1.165, 1.54) is 24.1 Å². The zero-order valence-corrected chi connectivity index (χ0v) is 15.3. The third-order valence-electron chi connectivity index (χ3n) is 4.41. The second-order valence-corrected chi connectivity index (χ2v) is 6.41. The van der Waals surface area contributed by atoms with E-state index in [0.717, 1.165) is 0 Å². The number of fused-ring (bicyclic) bond motifs is 1. The minimum Gasteiger partial charge on any atom is -0.495 e. The second-order valence-electron chi connectivity index (χ2n) is 6.00. The lowest BCUT2D eigenvalue weighted by molar-refractivity contribution is -0.384. The number of hydrazone groups is 1. The summed E-state index contributed by atoms with van der Waals surface area (Å²) in [6.45, 7) is 0. The van der Waals surface area contributed by atoms with Crippen LogP contribution in [-0.4, -0.2) is 34.8 Å². The highest BCUT2D eigenvalue weighted by Gasteiger charge is 2.38. The van der Waals surface area contributed by atoms with Gasteiger partial charge in [0.05, 0.1) is 22.7 Å². The molecule has 4 rings (SSSR count). The average molecular weight is 400 g/mol. The minimum absolute atomic E-state index is 0.0142. The van der Waals surface area contributed by atoms with Crippen molar-refractivity contribution in [2.45, 2.75) is 6.17 Å².